The van der Waals surface area contributed by atoms with Crippen LogP contribution >= 0.6 is 0 Å². The second kappa shape index (κ2) is 6.81. The van der Waals surface area contributed by atoms with Crippen LogP contribution in [-0.2, 0) is 19.7 Å². The Balaban J connectivity index is 1.90. The van der Waals surface area contributed by atoms with Gasteiger partial charge in [0.15, 0.2) is 0 Å². The highest BCUT2D eigenvalue weighted by molar-refractivity contribution is 7.86. The Morgan fingerprint density at radius 1 is 1.05 bits per heavy atom. The van der Waals surface area contributed by atoms with Gasteiger partial charge >= 0.3 is 0 Å². The second-order valence-corrected chi connectivity index (χ2v) is 6.76. The quantitative estimate of drug-likeness (QED) is 0.645. The summed E-state index contributed by atoms with van der Waals surface area (Å²) in [6.45, 7) is 3.59. The first-order chi connectivity index (χ1) is 9.55. The number of hydrogen-bond donors (Lipinski definition) is 1. The monoisotopic (exact) mass is 306 g/mol. The zero-order valence-corrected chi connectivity index (χ0v) is 12.6. The number of piperazine rings is 1. The summed E-state index contributed by atoms with van der Waals surface area (Å²) in [5.74, 6) is 0.0101. The molecule has 0 aromatic rings. The molecule has 0 radical (unpaired) electrons. The normalized spacial score (nSPS) is 22.9. The van der Waals surface area contributed by atoms with Gasteiger partial charge in [0.05, 0.1) is 19.8 Å². The van der Waals surface area contributed by atoms with Crippen LogP contribution in [0.4, 0.5) is 0 Å². The molecule has 0 aliphatic carbocycles. The van der Waals surface area contributed by atoms with Gasteiger partial charge in [-0.2, -0.15) is 17.0 Å². The largest absolute Gasteiger partial charge is 0.379 e. The minimum absolute atomic E-state index is 0.0101. The van der Waals surface area contributed by atoms with Gasteiger partial charge in [-0.15, -0.1) is 0 Å². The van der Waals surface area contributed by atoms with Crippen LogP contribution in [0.15, 0.2) is 0 Å². The third-order valence-corrected chi connectivity index (χ3v) is 5.58. The Morgan fingerprint density at radius 2 is 1.60 bits per heavy atom. The molecular weight excluding hydrogens is 284 g/mol. The molecule has 2 aliphatic rings. The van der Waals surface area contributed by atoms with Crippen LogP contribution < -0.4 is 5.32 Å². The molecule has 0 aromatic carbocycles. The SMILES string of the molecule is CNCC(=O)N1CCN(S(=O)(=O)N2CCOCC2)CC1. The number of likely N-dealkylation sites (N-methyl/N-ethyl adjacent to an activating group) is 1. The van der Waals surface area contributed by atoms with E-state index in [1.165, 1.54) is 8.61 Å². The third kappa shape index (κ3) is 3.47. The Morgan fingerprint density at radius 3 is 2.15 bits per heavy atom. The predicted octanol–water partition coefficient (Wildman–Crippen LogP) is -2.07. The van der Waals surface area contributed by atoms with Gasteiger partial charge in [0.25, 0.3) is 10.2 Å². The van der Waals surface area contributed by atoms with Crippen molar-refractivity contribution in [3.8, 4) is 0 Å². The zero-order chi connectivity index (χ0) is 14.6. The molecule has 0 bridgehead atoms. The zero-order valence-electron chi connectivity index (χ0n) is 11.7. The first kappa shape index (κ1) is 15.6. The van der Waals surface area contributed by atoms with Gasteiger partial charge in [0.2, 0.25) is 5.91 Å². The Kier molecular flexibility index (Phi) is 5.33. The molecule has 116 valence electrons. The van der Waals surface area contributed by atoms with Crippen molar-refractivity contribution in [1.82, 2.24) is 18.8 Å². The van der Waals surface area contributed by atoms with Gasteiger partial charge in [-0.3, -0.25) is 4.79 Å². The van der Waals surface area contributed by atoms with Crippen molar-refractivity contribution in [2.45, 2.75) is 0 Å². The van der Waals surface area contributed by atoms with Gasteiger partial charge in [0.1, 0.15) is 0 Å². The number of nitrogens with zero attached hydrogens (tertiary/aromatic N) is 3. The summed E-state index contributed by atoms with van der Waals surface area (Å²) in [5, 5.41) is 2.81. The summed E-state index contributed by atoms with van der Waals surface area (Å²) in [5.41, 5.74) is 0. The maximum atomic E-state index is 12.4. The van der Waals surface area contributed by atoms with E-state index in [2.05, 4.69) is 5.32 Å². The number of amides is 1. The van der Waals surface area contributed by atoms with Crippen LogP contribution in [0, 0.1) is 0 Å². The fourth-order valence-electron chi connectivity index (χ4n) is 2.37. The van der Waals surface area contributed by atoms with Crippen molar-refractivity contribution >= 4 is 16.1 Å². The van der Waals surface area contributed by atoms with Gasteiger partial charge in [-0.25, -0.2) is 0 Å². The summed E-state index contributed by atoms with van der Waals surface area (Å²) >= 11 is 0. The molecule has 20 heavy (non-hydrogen) atoms. The lowest BCUT2D eigenvalue weighted by molar-refractivity contribution is -0.131. The molecule has 2 heterocycles. The molecule has 8 nitrogen and oxygen atoms in total. The minimum atomic E-state index is -3.41. The number of hydrogen-bond acceptors (Lipinski definition) is 5. The molecule has 9 heteroatoms. The van der Waals surface area contributed by atoms with Crippen LogP contribution in [0.1, 0.15) is 0 Å². The lowest BCUT2D eigenvalue weighted by Gasteiger charge is -2.37. The van der Waals surface area contributed by atoms with Crippen LogP contribution in [0.25, 0.3) is 0 Å². The van der Waals surface area contributed by atoms with Crippen LogP contribution in [-0.4, -0.2) is 93.9 Å². The summed E-state index contributed by atoms with van der Waals surface area (Å²) in [4.78, 5) is 13.4. The maximum Gasteiger partial charge on any atom is 0.282 e. The van der Waals surface area contributed by atoms with Crippen molar-refractivity contribution in [3.63, 3.8) is 0 Å². The predicted molar refractivity (Wildman–Crippen MR) is 73.4 cm³/mol. The van der Waals surface area contributed by atoms with Crippen molar-refractivity contribution < 1.29 is 17.9 Å². The van der Waals surface area contributed by atoms with E-state index < -0.39 is 10.2 Å². The van der Waals surface area contributed by atoms with Crippen LogP contribution in [0.5, 0.6) is 0 Å². The first-order valence-corrected chi connectivity index (χ1v) is 8.20. The lowest BCUT2D eigenvalue weighted by atomic mass is 10.3. The first-order valence-electron chi connectivity index (χ1n) is 6.81. The molecular formula is C11H22N4O4S. The van der Waals surface area contributed by atoms with E-state index >= 15 is 0 Å². The fraction of sp³-hybridized carbons (Fsp3) is 0.909. The van der Waals surface area contributed by atoms with E-state index in [-0.39, 0.29) is 12.5 Å². The van der Waals surface area contributed by atoms with E-state index in [0.29, 0.717) is 52.5 Å². The molecule has 0 atom stereocenters. The lowest BCUT2D eigenvalue weighted by Crippen LogP contribution is -2.56. The Hall–Kier alpha value is -0.740. The van der Waals surface area contributed by atoms with E-state index in [1.807, 2.05) is 0 Å². The molecule has 1 amide bonds. The Labute approximate surface area is 119 Å². The molecule has 0 saturated carbocycles. The molecule has 2 saturated heterocycles. The molecule has 2 rings (SSSR count). The highest BCUT2D eigenvalue weighted by Gasteiger charge is 2.33. The Bertz CT molecular complexity index is 428. The topological polar surface area (TPSA) is 82.2 Å². The average Bonchev–Trinajstić information content (AvgIpc) is 2.48. The standard InChI is InChI=1S/C11H22N4O4S/c1-12-10-11(16)13-2-4-14(5-3-13)20(17,18)15-6-8-19-9-7-15/h12H,2-10H2,1H3. The molecule has 2 fully saturated rings. The molecule has 0 spiro atoms. The number of ether oxygens (including phenoxy) is 1. The molecule has 0 aromatic heterocycles. The van der Waals surface area contributed by atoms with Crippen molar-refractivity contribution in [2.75, 3.05) is 66.1 Å². The van der Waals surface area contributed by atoms with E-state index in [0.717, 1.165) is 0 Å². The third-order valence-electron chi connectivity index (χ3n) is 3.54. The van der Waals surface area contributed by atoms with Gasteiger partial charge in [-0.1, -0.05) is 0 Å². The number of morpholine rings is 1. The number of rotatable bonds is 4. The second-order valence-electron chi connectivity index (χ2n) is 4.83. The van der Waals surface area contributed by atoms with Crippen LogP contribution in [0.3, 0.4) is 0 Å². The summed E-state index contributed by atoms with van der Waals surface area (Å²) in [6.07, 6.45) is 0. The minimum Gasteiger partial charge on any atom is -0.379 e. The summed E-state index contributed by atoms with van der Waals surface area (Å²) < 4.78 is 32.9. The van der Waals surface area contributed by atoms with Gasteiger partial charge in [0, 0.05) is 39.3 Å². The highest BCUT2D eigenvalue weighted by Crippen LogP contribution is 2.13. The number of carbonyl (C=O) groups is 1. The molecule has 0 unspecified atom stereocenters. The van der Waals surface area contributed by atoms with E-state index in [9.17, 15) is 13.2 Å². The van der Waals surface area contributed by atoms with Gasteiger partial charge in [-0.05, 0) is 7.05 Å². The maximum absolute atomic E-state index is 12.4. The number of carbonyl (C=O) groups excluding carboxylic acids is 1. The van der Waals surface area contributed by atoms with E-state index in [4.69, 9.17) is 4.74 Å². The highest BCUT2D eigenvalue weighted by atomic mass is 32.2. The van der Waals surface area contributed by atoms with Crippen molar-refractivity contribution in [2.24, 2.45) is 0 Å². The summed E-state index contributed by atoms with van der Waals surface area (Å²) in [6, 6.07) is 0. The summed E-state index contributed by atoms with van der Waals surface area (Å²) in [7, 11) is -1.69. The van der Waals surface area contributed by atoms with Crippen molar-refractivity contribution in [1.29, 1.82) is 0 Å². The van der Waals surface area contributed by atoms with Crippen molar-refractivity contribution in [3.05, 3.63) is 0 Å². The molecule has 2 aliphatic heterocycles. The number of nitrogens with one attached hydrogen (secondary N) is 1. The average molecular weight is 306 g/mol. The smallest absolute Gasteiger partial charge is 0.282 e. The van der Waals surface area contributed by atoms with E-state index in [1.54, 1.807) is 11.9 Å². The van der Waals surface area contributed by atoms with Crippen LogP contribution in [0.2, 0.25) is 0 Å². The van der Waals surface area contributed by atoms with Gasteiger partial charge < -0.3 is 15.0 Å². The fourth-order valence-corrected chi connectivity index (χ4v) is 3.93. The molecule has 1 N–H and O–H groups in total.